The summed E-state index contributed by atoms with van der Waals surface area (Å²) in [6.45, 7) is 2.03. The quantitative estimate of drug-likeness (QED) is 0.919. The van der Waals surface area contributed by atoms with Crippen LogP contribution >= 0.6 is 0 Å². The molecule has 1 heterocycles. The zero-order chi connectivity index (χ0) is 14.8. The Morgan fingerprint density at radius 3 is 2.71 bits per heavy atom. The normalized spacial score (nSPS) is 13.6. The van der Waals surface area contributed by atoms with Gasteiger partial charge in [-0.1, -0.05) is 36.4 Å². The summed E-state index contributed by atoms with van der Waals surface area (Å²) >= 11 is 0. The number of amides is 2. The topological polar surface area (TPSA) is 49.4 Å². The van der Waals surface area contributed by atoms with E-state index in [0.717, 1.165) is 16.8 Å². The van der Waals surface area contributed by atoms with Crippen LogP contribution in [0.4, 0.5) is 11.4 Å². The Hall–Kier alpha value is -2.62. The van der Waals surface area contributed by atoms with Gasteiger partial charge in [-0.3, -0.25) is 9.59 Å². The van der Waals surface area contributed by atoms with Gasteiger partial charge < -0.3 is 10.2 Å². The van der Waals surface area contributed by atoms with Crippen molar-refractivity contribution in [2.24, 2.45) is 0 Å². The van der Waals surface area contributed by atoms with Crippen molar-refractivity contribution in [3.05, 3.63) is 59.7 Å². The number of carbonyl (C=O) groups is 2. The van der Waals surface area contributed by atoms with Crippen molar-refractivity contribution in [3.8, 4) is 0 Å². The van der Waals surface area contributed by atoms with Crippen LogP contribution in [0.25, 0.3) is 0 Å². The molecule has 4 heteroatoms. The average Bonchev–Trinajstić information content (AvgIpc) is 2.47. The van der Waals surface area contributed by atoms with E-state index in [0.29, 0.717) is 12.1 Å². The Balaban J connectivity index is 1.89. The van der Waals surface area contributed by atoms with Gasteiger partial charge in [0.15, 0.2) is 0 Å². The summed E-state index contributed by atoms with van der Waals surface area (Å²) in [4.78, 5) is 25.9. The Labute approximate surface area is 123 Å². The minimum atomic E-state index is -0.158. The second-order valence-corrected chi connectivity index (χ2v) is 5.21. The number of aryl methyl sites for hydroxylation is 1. The molecule has 0 aliphatic carbocycles. The van der Waals surface area contributed by atoms with Crippen LogP contribution in [0.1, 0.15) is 11.1 Å². The van der Waals surface area contributed by atoms with Crippen LogP contribution in [0.15, 0.2) is 48.5 Å². The molecular formula is C17H16N2O2. The SMILES string of the molecule is Cc1ccc2c(c1)NC(=O)CN2C(=O)Cc1ccccc1. The number of hydrogen-bond donors (Lipinski definition) is 1. The Kier molecular flexibility index (Phi) is 3.44. The van der Waals surface area contributed by atoms with Gasteiger partial charge in [0.2, 0.25) is 11.8 Å². The molecule has 21 heavy (non-hydrogen) atoms. The Morgan fingerprint density at radius 1 is 1.19 bits per heavy atom. The number of rotatable bonds is 2. The van der Waals surface area contributed by atoms with E-state index < -0.39 is 0 Å². The lowest BCUT2D eigenvalue weighted by Gasteiger charge is -2.29. The third kappa shape index (κ3) is 2.79. The fourth-order valence-corrected chi connectivity index (χ4v) is 2.49. The van der Waals surface area contributed by atoms with Crippen LogP contribution < -0.4 is 10.2 Å². The van der Waals surface area contributed by atoms with E-state index in [-0.39, 0.29) is 18.4 Å². The predicted molar refractivity (Wildman–Crippen MR) is 82.3 cm³/mol. The van der Waals surface area contributed by atoms with Crippen molar-refractivity contribution >= 4 is 23.2 Å². The molecule has 3 rings (SSSR count). The lowest BCUT2D eigenvalue weighted by atomic mass is 10.1. The van der Waals surface area contributed by atoms with Gasteiger partial charge in [0, 0.05) is 0 Å². The maximum absolute atomic E-state index is 12.5. The number of benzene rings is 2. The standard InChI is InChI=1S/C17H16N2O2/c1-12-7-8-15-14(9-12)18-16(20)11-19(15)17(21)10-13-5-3-2-4-6-13/h2-9H,10-11H2,1H3,(H,18,20). The van der Waals surface area contributed by atoms with Gasteiger partial charge in [-0.15, -0.1) is 0 Å². The van der Waals surface area contributed by atoms with E-state index in [1.807, 2.05) is 55.5 Å². The van der Waals surface area contributed by atoms with Gasteiger partial charge in [0.05, 0.1) is 17.8 Å². The van der Waals surface area contributed by atoms with Gasteiger partial charge in [-0.25, -0.2) is 0 Å². The number of nitrogens with zero attached hydrogens (tertiary/aromatic N) is 1. The number of anilines is 2. The molecule has 0 bridgehead atoms. The van der Waals surface area contributed by atoms with Crippen molar-refractivity contribution in [1.82, 2.24) is 0 Å². The second-order valence-electron chi connectivity index (χ2n) is 5.21. The van der Waals surface area contributed by atoms with Crippen molar-refractivity contribution < 1.29 is 9.59 Å². The van der Waals surface area contributed by atoms with Crippen LogP contribution in [-0.2, 0) is 16.0 Å². The molecule has 0 aromatic heterocycles. The van der Waals surface area contributed by atoms with E-state index in [4.69, 9.17) is 0 Å². The molecule has 2 aromatic carbocycles. The Morgan fingerprint density at radius 2 is 1.95 bits per heavy atom. The van der Waals surface area contributed by atoms with Crippen molar-refractivity contribution in [2.75, 3.05) is 16.8 Å². The number of nitrogens with one attached hydrogen (secondary N) is 1. The molecule has 0 radical (unpaired) electrons. The van der Waals surface area contributed by atoms with Crippen LogP contribution in [0.2, 0.25) is 0 Å². The molecular weight excluding hydrogens is 264 g/mol. The zero-order valence-corrected chi connectivity index (χ0v) is 11.8. The molecule has 0 saturated heterocycles. The second kappa shape index (κ2) is 5.40. The van der Waals surface area contributed by atoms with Crippen LogP contribution in [-0.4, -0.2) is 18.4 Å². The van der Waals surface area contributed by atoms with Gasteiger partial charge in [0.25, 0.3) is 0 Å². The molecule has 0 unspecified atom stereocenters. The first-order chi connectivity index (χ1) is 10.1. The number of carbonyl (C=O) groups excluding carboxylic acids is 2. The molecule has 2 aromatic rings. The molecule has 0 fully saturated rings. The van der Waals surface area contributed by atoms with E-state index in [1.54, 1.807) is 4.90 Å². The summed E-state index contributed by atoms with van der Waals surface area (Å²) in [6, 6.07) is 15.3. The lowest BCUT2D eigenvalue weighted by Crippen LogP contribution is -2.42. The molecule has 106 valence electrons. The highest BCUT2D eigenvalue weighted by atomic mass is 16.2. The fourth-order valence-electron chi connectivity index (χ4n) is 2.49. The molecule has 1 aliphatic heterocycles. The zero-order valence-electron chi connectivity index (χ0n) is 11.8. The van der Waals surface area contributed by atoms with Gasteiger partial charge >= 0.3 is 0 Å². The molecule has 0 spiro atoms. The summed E-state index contributed by atoms with van der Waals surface area (Å²) < 4.78 is 0. The number of hydrogen-bond acceptors (Lipinski definition) is 2. The average molecular weight is 280 g/mol. The highest BCUT2D eigenvalue weighted by Gasteiger charge is 2.26. The summed E-state index contributed by atoms with van der Waals surface area (Å²) in [5.74, 6) is -0.226. The summed E-state index contributed by atoms with van der Waals surface area (Å²) in [6.07, 6.45) is 0.293. The van der Waals surface area contributed by atoms with Crippen LogP contribution in [0, 0.1) is 6.92 Å². The highest BCUT2D eigenvalue weighted by molar-refractivity contribution is 6.10. The molecule has 2 amide bonds. The molecule has 0 saturated carbocycles. The summed E-state index contributed by atoms with van der Waals surface area (Å²) in [7, 11) is 0. The minimum absolute atomic E-state index is 0.0684. The smallest absolute Gasteiger partial charge is 0.244 e. The third-order valence-corrected chi connectivity index (χ3v) is 3.52. The minimum Gasteiger partial charge on any atom is -0.323 e. The lowest BCUT2D eigenvalue weighted by molar-refractivity contribution is -0.121. The fraction of sp³-hybridized carbons (Fsp3) is 0.176. The van der Waals surface area contributed by atoms with Gasteiger partial charge in [-0.05, 0) is 30.2 Å². The highest BCUT2D eigenvalue weighted by Crippen LogP contribution is 2.30. The van der Waals surface area contributed by atoms with E-state index >= 15 is 0 Å². The van der Waals surface area contributed by atoms with Crippen LogP contribution in [0.3, 0.4) is 0 Å². The molecule has 1 N–H and O–H groups in total. The number of fused-ring (bicyclic) bond motifs is 1. The van der Waals surface area contributed by atoms with E-state index in [9.17, 15) is 9.59 Å². The van der Waals surface area contributed by atoms with Crippen LogP contribution in [0.5, 0.6) is 0 Å². The van der Waals surface area contributed by atoms with Crippen molar-refractivity contribution in [2.45, 2.75) is 13.3 Å². The first kappa shape index (κ1) is 13.4. The predicted octanol–water partition coefficient (Wildman–Crippen LogP) is 2.52. The molecule has 0 atom stereocenters. The molecule has 4 nitrogen and oxygen atoms in total. The maximum atomic E-state index is 12.5. The maximum Gasteiger partial charge on any atom is 0.244 e. The third-order valence-electron chi connectivity index (χ3n) is 3.52. The first-order valence-corrected chi connectivity index (χ1v) is 6.88. The van der Waals surface area contributed by atoms with E-state index in [1.165, 1.54) is 0 Å². The largest absolute Gasteiger partial charge is 0.323 e. The first-order valence-electron chi connectivity index (χ1n) is 6.88. The van der Waals surface area contributed by atoms with Gasteiger partial charge in [0.1, 0.15) is 6.54 Å². The summed E-state index contributed by atoms with van der Waals surface area (Å²) in [5.41, 5.74) is 3.46. The monoisotopic (exact) mass is 280 g/mol. The van der Waals surface area contributed by atoms with Crippen molar-refractivity contribution in [1.29, 1.82) is 0 Å². The van der Waals surface area contributed by atoms with E-state index in [2.05, 4.69) is 5.32 Å². The van der Waals surface area contributed by atoms with Gasteiger partial charge in [-0.2, -0.15) is 0 Å². The summed E-state index contributed by atoms with van der Waals surface area (Å²) in [5, 5.41) is 2.82. The Bertz CT molecular complexity index is 695. The molecule has 1 aliphatic rings. The van der Waals surface area contributed by atoms with Crippen molar-refractivity contribution in [3.63, 3.8) is 0 Å².